The van der Waals surface area contributed by atoms with Crippen molar-refractivity contribution >= 4 is 16.3 Å². The van der Waals surface area contributed by atoms with Gasteiger partial charge in [-0.2, -0.15) is 0 Å². The van der Waals surface area contributed by atoms with Gasteiger partial charge in [0.05, 0.1) is 5.69 Å². The molecule has 3 heterocycles. The van der Waals surface area contributed by atoms with Gasteiger partial charge in [-0.15, -0.1) is 11.3 Å². The zero-order valence-corrected chi connectivity index (χ0v) is 11.1. The molecule has 2 aromatic heterocycles. The molecule has 1 aliphatic rings. The number of fused-ring (bicyclic) bond motifs is 1. The summed E-state index contributed by atoms with van der Waals surface area (Å²) in [5.74, 6) is 0. The Morgan fingerprint density at radius 1 is 1.61 bits per heavy atom. The summed E-state index contributed by atoms with van der Waals surface area (Å²) in [7, 11) is 0. The fourth-order valence-electron chi connectivity index (χ4n) is 2.35. The van der Waals surface area contributed by atoms with Crippen molar-refractivity contribution in [3.05, 3.63) is 33.7 Å². The Hall–Kier alpha value is -1.24. The summed E-state index contributed by atoms with van der Waals surface area (Å²) in [5, 5.41) is 5.30. The number of hydrogen-bond donors (Lipinski definition) is 1. The van der Waals surface area contributed by atoms with Crippen LogP contribution in [0.4, 0.5) is 0 Å². The Labute approximate surface area is 109 Å². The van der Waals surface area contributed by atoms with Crippen LogP contribution >= 0.6 is 11.3 Å². The Bertz CT molecular complexity index is 605. The second-order valence-corrected chi connectivity index (χ2v) is 5.60. The fourth-order valence-corrected chi connectivity index (χ4v) is 3.09. The van der Waals surface area contributed by atoms with Gasteiger partial charge in [0.25, 0.3) is 5.56 Å². The molecule has 1 aliphatic heterocycles. The molecule has 1 fully saturated rings. The lowest BCUT2D eigenvalue weighted by molar-refractivity contribution is 0.197. The normalized spacial score (nSPS) is 21.5. The van der Waals surface area contributed by atoms with E-state index in [9.17, 15) is 4.79 Å². The SMILES string of the molecule is C[C@@H]1CN(Cc2cc(=O)n3ccsc3n2)CCN1. The first-order chi connectivity index (χ1) is 8.72. The highest BCUT2D eigenvalue weighted by molar-refractivity contribution is 7.15. The third-order valence-electron chi connectivity index (χ3n) is 3.19. The van der Waals surface area contributed by atoms with Crippen molar-refractivity contribution < 1.29 is 0 Å². The van der Waals surface area contributed by atoms with E-state index in [1.54, 1.807) is 16.7 Å². The van der Waals surface area contributed by atoms with Crippen molar-refractivity contribution in [2.45, 2.75) is 19.5 Å². The topological polar surface area (TPSA) is 49.6 Å². The van der Waals surface area contributed by atoms with Gasteiger partial charge in [-0.25, -0.2) is 4.98 Å². The van der Waals surface area contributed by atoms with Gasteiger partial charge in [0.1, 0.15) is 0 Å². The summed E-state index contributed by atoms with van der Waals surface area (Å²) in [6.45, 7) is 5.95. The molecule has 0 saturated carbocycles. The first kappa shape index (κ1) is 11.8. The monoisotopic (exact) mass is 264 g/mol. The Balaban J connectivity index is 1.83. The molecule has 96 valence electrons. The molecule has 6 heteroatoms. The maximum Gasteiger partial charge on any atom is 0.258 e. The molecule has 1 atom stereocenters. The number of nitrogens with zero attached hydrogens (tertiary/aromatic N) is 3. The molecule has 2 aromatic rings. The number of nitrogens with one attached hydrogen (secondary N) is 1. The first-order valence-corrected chi connectivity index (χ1v) is 7.02. The predicted octanol–water partition coefficient (Wildman–Crippen LogP) is 0.550. The number of aromatic nitrogens is 2. The molecule has 0 unspecified atom stereocenters. The van der Waals surface area contributed by atoms with Crippen LogP contribution in [0.1, 0.15) is 12.6 Å². The van der Waals surface area contributed by atoms with E-state index >= 15 is 0 Å². The average Bonchev–Trinajstić information content (AvgIpc) is 2.77. The number of rotatable bonds is 2. The third-order valence-corrected chi connectivity index (χ3v) is 3.95. The molecule has 5 nitrogen and oxygen atoms in total. The highest BCUT2D eigenvalue weighted by Crippen LogP contribution is 2.09. The van der Waals surface area contributed by atoms with Crippen LogP contribution in [0, 0.1) is 0 Å². The van der Waals surface area contributed by atoms with E-state index in [1.165, 1.54) is 11.3 Å². The molecular formula is C12H16N4OS. The lowest BCUT2D eigenvalue weighted by atomic mass is 10.2. The van der Waals surface area contributed by atoms with E-state index in [0.717, 1.165) is 36.8 Å². The lowest BCUT2D eigenvalue weighted by Gasteiger charge is -2.31. The van der Waals surface area contributed by atoms with Gasteiger partial charge in [-0.3, -0.25) is 14.1 Å². The van der Waals surface area contributed by atoms with Crippen LogP contribution in [-0.4, -0.2) is 40.0 Å². The number of hydrogen-bond acceptors (Lipinski definition) is 5. The van der Waals surface area contributed by atoms with Crippen LogP contribution in [0.25, 0.3) is 4.96 Å². The van der Waals surface area contributed by atoms with Gasteiger partial charge in [-0.05, 0) is 6.92 Å². The van der Waals surface area contributed by atoms with E-state index in [4.69, 9.17) is 0 Å². The van der Waals surface area contributed by atoms with Gasteiger partial charge >= 0.3 is 0 Å². The van der Waals surface area contributed by atoms with Gasteiger partial charge < -0.3 is 5.32 Å². The zero-order chi connectivity index (χ0) is 12.5. The molecule has 0 amide bonds. The molecule has 0 radical (unpaired) electrons. The summed E-state index contributed by atoms with van der Waals surface area (Å²) in [6, 6.07) is 2.15. The van der Waals surface area contributed by atoms with Crippen molar-refractivity contribution in [3.8, 4) is 0 Å². The highest BCUT2D eigenvalue weighted by atomic mass is 32.1. The molecule has 0 bridgehead atoms. The second-order valence-electron chi connectivity index (χ2n) is 4.73. The average molecular weight is 264 g/mol. The highest BCUT2D eigenvalue weighted by Gasteiger charge is 2.16. The minimum atomic E-state index is 0.0134. The summed E-state index contributed by atoms with van der Waals surface area (Å²) in [5.41, 5.74) is 0.885. The molecule has 0 aromatic carbocycles. The van der Waals surface area contributed by atoms with Gasteiger partial charge in [0.15, 0.2) is 4.96 Å². The van der Waals surface area contributed by atoms with E-state index < -0.39 is 0 Å². The van der Waals surface area contributed by atoms with Gasteiger partial charge in [0, 0.05) is 49.9 Å². The minimum absolute atomic E-state index is 0.0134. The van der Waals surface area contributed by atoms with Crippen LogP contribution in [0.15, 0.2) is 22.4 Å². The zero-order valence-electron chi connectivity index (χ0n) is 10.3. The number of piperazine rings is 1. The smallest absolute Gasteiger partial charge is 0.258 e. The Morgan fingerprint density at radius 3 is 3.33 bits per heavy atom. The summed E-state index contributed by atoms with van der Waals surface area (Å²) in [4.78, 5) is 19.5. The van der Waals surface area contributed by atoms with Crippen molar-refractivity contribution in [1.82, 2.24) is 19.6 Å². The largest absolute Gasteiger partial charge is 0.312 e. The second kappa shape index (κ2) is 4.79. The predicted molar refractivity (Wildman–Crippen MR) is 72.1 cm³/mol. The van der Waals surface area contributed by atoms with Crippen LogP contribution in [0.3, 0.4) is 0 Å². The van der Waals surface area contributed by atoms with Crippen LogP contribution < -0.4 is 10.9 Å². The van der Waals surface area contributed by atoms with E-state index in [0.29, 0.717) is 6.04 Å². The van der Waals surface area contributed by atoms with Gasteiger partial charge in [-0.1, -0.05) is 0 Å². The summed E-state index contributed by atoms with van der Waals surface area (Å²) < 4.78 is 1.59. The Morgan fingerprint density at radius 2 is 2.50 bits per heavy atom. The maximum atomic E-state index is 11.9. The van der Waals surface area contributed by atoms with Crippen LogP contribution in [0.5, 0.6) is 0 Å². The molecule has 3 rings (SSSR count). The van der Waals surface area contributed by atoms with Crippen LogP contribution in [0.2, 0.25) is 0 Å². The van der Waals surface area contributed by atoms with Crippen LogP contribution in [-0.2, 0) is 6.54 Å². The summed E-state index contributed by atoms with van der Waals surface area (Å²) in [6.07, 6.45) is 1.77. The third kappa shape index (κ3) is 2.31. The van der Waals surface area contributed by atoms with Crippen molar-refractivity contribution in [1.29, 1.82) is 0 Å². The lowest BCUT2D eigenvalue weighted by Crippen LogP contribution is -2.48. The molecule has 18 heavy (non-hydrogen) atoms. The molecule has 0 aliphatic carbocycles. The van der Waals surface area contributed by atoms with Gasteiger partial charge in [0.2, 0.25) is 0 Å². The van der Waals surface area contributed by atoms with E-state index in [-0.39, 0.29) is 5.56 Å². The quantitative estimate of drug-likeness (QED) is 0.860. The van der Waals surface area contributed by atoms with Crippen molar-refractivity contribution in [2.24, 2.45) is 0 Å². The Kier molecular flexibility index (Phi) is 3.15. The standard InChI is InChI=1S/C12H16N4OS/c1-9-7-15(3-2-13-9)8-10-6-11(17)16-4-5-18-12(16)14-10/h4-6,9,13H,2-3,7-8H2,1H3/t9-/m1/s1. The number of thiazole rings is 1. The molecule has 1 saturated heterocycles. The maximum absolute atomic E-state index is 11.9. The molecule has 0 spiro atoms. The molecular weight excluding hydrogens is 248 g/mol. The summed E-state index contributed by atoms with van der Waals surface area (Å²) >= 11 is 1.50. The fraction of sp³-hybridized carbons (Fsp3) is 0.500. The van der Waals surface area contributed by atoms with Crippen molar-refractivity contribution in [3.63, 3.8) is 0 Å². The minimum Gasteiger partial charge on any atom is -0.312 e. The first-order valence-electron chi connectivity index (χ1n) is 6.14. The van der Waals surface area contributed by atoms with E-state index in [2.05, 4.69) is 22.1 Å². The van der Waals surface area contributed by atoms with E-state index in [1.807, 2.05) is 5.38 Å². The van der Waals surface area contributed by atoms with Crippen molar-refractivity contribution in [2.75, 3.05) is 19.6 Å². The molecule has 1 N–H and O–H groups in total.